The number of amides is 1. The van der Waals surface area contributed by atoms with E-state index in [9.17, 15) is 15.0 Å². The molecule has 0 aromatic rings. The van der Waals surface area contributed by atoms with Crippen LogP contribution in [0.4, 0.5) is 4.79 Å². The Morgan fingerprint density at radius 2 is 2.05 bits per heavy atom. The molecule has 0 aliphatic carbocycles. The van der Waals surface area contributed by atoms with Gasteiger partial charge in [-0.1, -0.05) is 0 Å². The number of nitrogens with zero attached hydrogens (tertiary/aromatic N) is 2. The summed E-state index contributed by atoms with van der Waals surface area (Å²) in [6, 6.07) is -0.316. The van der Waals surface area contributed by atoms with Crippen molar-refractivity contribution in [3.8, 4) is 0 Å². The first-order chi connectivity index (χ1) is 9.76. The highest BCUT2D eigenvalue weighted by Crippen LogP contribution is 2.16. The Balaban J connectivity index is 2.55. The van der Waals surface area contributed by atoms with Gasteiger partial charge in [-0.2, -0.15) is 0 Å². The van der Waals surface area contributed by atoms with Crippen LogP contribution in [0.15, 0.2) is 0 Å². The van der Waals surface area contributed by atoms with E-state index in [0.29, 0.717) is 26.2 Å². The summed E-state index contributed by atoms with van der Waals surface area (Å²) in [6.45, 7) is 7.67. The Morgan fingerprint density at radius 1 is 1.38 bits per heavy atom. The Morgan fingerprint density at radius 3 is 2.57 bits per heavy atom. The summed E-state index contributed by atoms with van der Waals surface area (Å²) in [6.07, 6.45) is -0.971. The van der Waals surface area contributed by atoms with Gasteiger partial charge in [0.05, 0.1) is 25.4 Å². The molecule has 1 aliphatic heterocycles. The van der Waals surface area contributed by atoms with E-state index in [2.05, 4.69) is 0 Å². The van der Waals surface area contributed by atoms with Crippen LogP contribution in [0, 0.1) is 0 Å². The van der Waals surface area contributed by atoms with Crippen molar-refractivity contribution >= 4 is 6.09 Å². The molecule has 2 atom stereocenters. The predicted octanol–water partition coefficient (Wildman–Crippen LogP) is -0.0927. The average Bonchev–Trinajstić information content (AvgIpc) is 2.36. The van der Waals surface area contributed by atoms with Crippen molar-refractivity contribution in [1.82, 2.24) is 9.80 Å². The lowest BCUT2D eigenvalue weighted by atomic mass is 10.1. The molecule has 1 amide bonds. The Kier molecular flexibility index (Phi) is 6.86. The van der Waals surface area contributed by atoms with Gasteiger partial charge in [0.2, 0.25) is 0 Å². The molecule has 0 spiro atoms. The molecule has 7 nitrogen and oxygen atoms in total. The molecule has 124 valence electrons. The number of methoxy groups -OCH3 is 1. The van der Waals surface area contributed by atoms with Crippen LogP contribution in [0.3, 0.4) is 0 Å². The van der Waals surface area contributed by atoms with Gasteiger partial charge in [0, 0.05) is 33.3 Å². The lowest BCUT2D eigenvalue weighted by Gasteiger charge is -2.41. The molecule has 1 aliphatic rings. The van der Waals surface area contributed by atoms with Gasteiger partial charge in [-0.15, -0.1) is 0 Å². The number of carbonyl (C=O) groups is 1. The molecule has 21 heavy (non-hydrogen) atoms. The summed E-state index contributed by atoms with van der Waals surface area (Å²) in [5.41, 5.74) is -0.553. The molecule has 7 heteroatoms. The number of β-amino-alcohol motifs (C(OH)–C–C–N with tert-alkyl or cyclic N) is 1. The largest absolute Gasteiger partial charge is 0.444 e. The second-order valence-electron chi connectivity index (χ2n) is 6.38. The molecule has 1 heterocycles. The molecule has 0 bridgehead atoms. The molecule has 1 unspecified atom stereocenters. The Labute approximate surface area is 126 Å². The molecular formula is C14H28N2O5. The van der Waals surface area contributed by atoms with E-state index >= 15 is 0 Å². The van der Waals surface area contributed by atoms with Gasteiger partial charge >= 0.3 is 6.09 Å². The molecule has 1 saturated heterocycles. The summed E-state index contributed by atoms with van der Waals surface area (Å²) in [7, 11) is 1.54. The van der Waals surface area contributed by atoms with Crippen molar-refractivity contribution in [3.05, 3.63) is 0 Å². The third kappa shape index (κ3) is 6.17. The summed E-state index contributed by atoms with van der Waals surface area (Å²) in [4.78, 5) is 15.7. The summed E-state index contributed by atoms with van der Waals surface area (Å²) >= 11 is 0. The van der Waals surface area contributed by atoms with Crippen LogP contribution >= 0.6 is 0 Å². The number of ether oxygens (including phenoxy) is 2. The highest BCUT2D eigenvalue weighted by molar-refractivity contribution is 5.68. The molecule has 2 N–H and O–H groups in total. The fourth-order valence-corrected chi connectivity index (χ4v) is 2.35. The van der Waals surface area contributed by atoms with Crippen LogP contribution in [0.1, 0.15) is 20.8 Å². The number of carbonyl (C=O) groups excluding carboxylic acids is 1. The maximum atomic E-state index is 12.1. The minimum absolute atomic E-state index is 0.129. The normalized spacial score (nSPS) is 22.2. The minimum Gasteiger partial charge on any atom is -0.444 e. The number of aliphatic hydroxyl groups excluding tert-OH is 2. The number of piperazine rings is 1. The standard InChI is InChI=1S/C14H28N2O5/c1-14(2,3)21-13(19)16-6-5-15(7-11(16)9-17)8-12(18)10-20-4/h11-12,17-18H,5-10H2,1-4H3/t11?,12-/m0/s1. The molecule has 0 saturated carbocycles. The third-order valence-electron chi connectivity index (χ3n) is 3.23. The third-order valence-corrected chi connectivity index (χ3v) is 3.23. The van der Waals surface area contributed by atoms with Crippen LogP contribution < -0.4 is 0 Å². The predicted molar refractivity (Wildman–Crippen MR) is 78.1 cm³/mol. The van der Waals surface area contributed by atoms with Gasteiger partial charge < -0.3 is 24.6 Å². The fraction of sp³-hybridized carbons (Fsp3) is 0.929. The van der Waals surface area contributed by atoms with E-state index in [1.54, 1.807) is 12.0 Å². The summed E-state index contributed by atoms with van der Waals surface area (Å²) in [5, 5.41) is 19.3. The minimum atomic E-state index is -0.567. The zero-order valence-corrected chi connectivity index (χ0v) is 13.4. The number of hydrogen-bond donors (Lipinski definition) is 2. The van der Waals surface area contributed by atoms with Crippen LogP contribution in [0.25, 0.3) is 0 Å². The van der Waals surface area contributed by atoms with Gasteiger partial charge in [0.25, 0.3) is 0 Å². The number of rotatable bonds is 5. The Bertz CT molecular complexity index is 332. The lowest BCUT2D eigenvalue weighted by Crippen LogP contribution is -2.58. The summed E-state index contributed by atoms with van der Waals surface area (Å²) in [5.74, 6) is 0. The van der Waals surface area contributed by atoms with Crippen molar-refractivity contribution in [1.29, 1.82) is 0 Å². The zero-order chi connectivity index (χ0) is 16.0. The van der Waals surface area contributed by atoms with Crippen LogP contribution in [0.2, 0.25) is 0 Å². The zero-order valence-electron chi connectivity index (χ0n) is 13.4. The topological polar surface area (TPSA) is 82.5 Å². The van der Waals surface area contributed by atoms with Crippen molar-refractivity contribution in [2.75, 3.05) is 46.5 Å². The van der Waals surface area contributed by atoms with Crippen molar-refractivity contribution in [3.63, 3.8) is 0 Å². The first-order valence-electron chi connectivity index (χ1n) is 7.26. The van der Waals surface area contributed by atoms with Gasteiger partial charge in [0.1, 0.15) is 5.60 Å². The monoisotopic (exact) mass is 304 g/mol. The summed E-state index contributed by atoms with van der Waals surface area (Å²) < 4.78 is 10.3. The van der Waals surface area contributed by atoms with Gasteiger partial charge in [-0.05, 0) is 20.8 Å². The van der Waals surface area contributed by atoms with Crippen molar-refractivity contribution in [2.45, 2.75) is 38.5 Å². The first kappa shape index (κ1) is 18.2. The highest BCUT2D eigenvalue weighted by atomic mass is 16.6. The van der Waals surface area contributed by atoms with E-state index in [0.717, 1.165) is 0 Å². The van der Waals surface area contributed by atoms with E-state index in [-0.39, 0.29) is 19.3 Å². The fourth-order valence-electron chi connectivity index (χ4n) is 2.35. The molecule has 0 aromatic carbocycles. The second kappa shape index (κ2) is 7.93. The first-order valence-corrected chi connectivity index (χ1v) is 7.26. The van der Waals surface area contributed by atoms with Crippen LogP contribution in [-0.4, -0.2) is 90.4 Å². The molecule has 1 rings (SSSR count). The molecular weight excluding hydrogens is 276 g/mol. The Hall–Kier alpha value is -0.890. The van der Waals surface area contributed by atoms with Gasteiger partial charge in [0.15, 0.2) is 0 Å². The van der Waals surface area contributed by atoms with E-state index in [1.165, 1.54) is 0 Å². The molecule has 1 fully saturated rings. The number of aliphatic hydroxyl groups is 2. The van der Waals surface area contributed by atoms with Crippen LogP contribution in [-0.2, 0) is 9.47 Å². The van der Waals surface area contributed by atoms with Crippen molar-refractivity contribution in [2.24, 2.45) is 0 Å². The second-order valence-corrected chi connectivity index (χ2v) is 6.38. The number of hydrogen-bond acceptors (Lipinski definition) is 6. The average molecular weight is 304 g/mol. The maximum absolute atomic E-state index is 12.1. The van der Waals surface area contributed by atoms with Gasteiger partial charge in [-0.25, -0.2) is 4.79 Å². The van der Waals surface area contributed by atoms with E-state index < -0.39 is 17.8 Å². The molecule has 0 radical (unpaired) electrons. The van der Waals surface area contributed by atoms with Crippen molar-refractivity contribution < 1.29 is 24.5 Å². The molecule has 0 aromatic heterocycles. The smallest absolute Gasteiger partial charge is 0.410 e. The maximum Gasteiger partial charge on any atom is 0.410 e. The van der Waals surface area contributed by atoms with Gasteiger partial charge in [-0.3, -0.25) is 4.90 Å². The lowest BCUT2D eigenvalue weighted by molar-refractivity contribution is -0.0236. The highest BCUT2D eigenvalue weighted by Gasteiger charge is 2.33. The quantitative estimate of drug-likeness (QED) is 0.738. The van der Waals surface area contributed by atoms with E-state index in [4.69, 9.17) is 9.47 Å². The van der Waals surface area contributed by atoms with E-state index in [1.807, 2.05) is 25.7 Å². The van der Waals surface area contributed by atoms with Crippen LogP contribution in [0.5, 0.6) is 0 Å². The SMILES string of the molecule is COC[C@@H](O)CN1CCN(C(=O)OC(C)(C)C)C(CO)C1.